The van der Waals surface area contributed by atoms with Crippen molar-refractivity contribution in [3.05, 3.63) is 80.1 Å². The van der Waals surface area contributed by atoms with Gasteiger partial charge in [-0.15, -0.1) is 0 Å². The molecule has 0 atom stereocenters. The van der Waals surface area contributed by atoms with Crippen LogP contribution in [-0.4, -0.2) is 37.3 Å². The quantitative estimate of drug-likeness (QED) is 0.379. The molecular weight excluding hydrogens is 482 g/mol. The van der Waals surface area contributed by atoms with Crippen molar-refractivity contribution < 1.29 is 31.5 Å². The van der Waals surface area contributed by atoms with Crippen LogP contribution in [0.1, 0.15) is 21.5 Å². The van der Waals surface area contributed by atoms with Crippen LogP contribution in [0.2, 0.25) is 5.02 Å². The van der Waals surface area contributed by atoms with Gasteiger partial charge in [0, 0.05) is 17.9 Å². The number of hydrogen-bond donors (Lipinski definition) is 0. The molecule has 0 spiro atoms. The number of benzene rings is 2. The Morgan fingerprint density at radius 3 is 2.48 bits per heavy atom. The highest BCUT2D eigenvalue weighted by Gasteiger charge is 2.26. The molecular formula is C21H17ClF2N2O6S. The average molecular weight is 499 g/mol. The highest BCUT2D eigenvalue weighted by atomic mass is 35.5. The van der Waals surface area contributed by atoms with Crippen LogP contribution < -0.4 is 10.3 Å². The molecule has 0 aliphatic carbocycles. The van der Waals surface area contributed by atoms with Crippen LogP contribution >= 0.6 is 11.6 Å². The highest BCUT2D eigenvalue weighted by molar-refractivity contribution is 7.90. The van der Waals surface area contributed by atoms with Gasteiger partial charge in [-0.3, -0.25) is 9.36 Å². The first kappa shape index (κ1) is 24.3. The van der Waals surface area contributed by atoms with Crippen molar-refractivity contribution in [2.75, 3.05) is 13.4 Å². The monoisotopic (exact) mass is 498 g/mol. The fourth-order valence-corrected chi connectivity index (χ4v) is 3.87. The maximum absolute atomic E-state index is 14.1. The van der Waals surface area contributed by atoms with Gasteiger partial charge in [-0.05, 0) is 36.8 Å². The molecule has 0 bridgehead atoms. The third kappa shape index (κ3) is 5.04. The Balaban J connectivity index is 2.29. The van der Waals surface area contributed by atoms with Crippen molar-refractivity contribution in [3.63, 3.8) is 0 Å². The summed E-state index contributed by atoms with van der Waals surface area (Å²) in [5.41, 5.74) is -0.536. The Labute approximate surface area is 192 Å². The summed E-state index contributed by atoms with van der Waals surface area (Å²) in [6.07, 6.45) is 0.822. The number of esters is 1. The Bertz CT molecular complexity index is 1420. The van der Waals surface area contributed by atoms with E-state index in [1.54, 1.807) is 6.92 Å². The first-order chi connectivity index (χ1) is 15.4. The molecule has 0 N–H and O–H groups in total. The number of halogens is 3. The van der Waals surface area contributed by atoms with Gasteiger partial charge in [0.2, 0.25) is 20.9 Å². The van der Waals surface area contributed by atoms with Crippen LogP contribution in [-0.2, 0) is 21.2 Å². The number of methoxy groups -OCH3 is 1. The molecule has 1 heterocycles. The van der Waals surface area contributed by atoms with Crippen molar-refractivity contribution in [1.29, 1.82) is 0 Å². The molecule has 0 radical (unpaired) electrons. The summed E-state index contributed by atoms with van der Waals surface area (Å²) in [7, 11) is -2.95. The lowest BCUT2D eigenvalue weighted by atomic mass is 10.1. The van der Waals surface area contributed by atoms with Crippen LogP contribution in [0.5, 0.6) is 5.88 Å². The van der Waals surface area contributed by atoms with Crippen molar-refractivity contribution in [2.45, 2.75) is 18.7 Å². The zero-order chi connectivity index (χ0) is 24.5. The second-order valence-corrected chi connectivity index (χ2v) is 9.23. The molecule has 0 unspecified atom stereocenters. The molecule has 1 aromatic heterocycles. The van der Waals surface area contributed by atoms with E-state index in [-0.39, 0.29) is 16.8 Å². The molecule has 3 rings (SSSR count). The molecule has 12 heteroatoms. The van der Waals surface area contributed by atoms with Crippen molar-refractivity contribution in [2.24, 2.45) is 0 Å². The lowest BCUT2D eigenvalue weighted by Crippen LogP contribution is -2.23. The number of carbonyl (C=O) groups is 1. The number of rotatable bonds is 6. The van der Waals surface area contributed by atoms with Gasteiger partial charge in [-0.1, -0.05) is 17.7 Å². The second kappa shape index (κ2) is 9.28. The minimum absolute atomic E-state index is 0.0721. The van der Waals surface area contributed by atoms with Crippen LogP contribution in [0.3, 0.4) is 0 Å². The summed E-state index contributed by atoms with van der Waals surface area (Å²) in [5.74, 6) is -2.87. The average Bonchev–Trinajstić information content (AvgIpc) is 2.74. The molecule has 0 aliphatic rings. The van der Waals surface area contributed by atoms with Gasteiger partial charge in [0.05, 0.1) is 18.4 Å². The highest BCUT2D eigenvalue weighted by Crippen LogP contribution is 2.31. The number of aryl methyl sites for hydroxylation is 1. The molecule has 0 fully saturated rings. The van der Waals surface area contributed by atoms with Crippen molar-refractivity contribution in [3.8, 4) is 11.6 Å². The maximum atomic E-state index is 14.1. The number of sulfone groups is 1. The van der Waals surface area contributed by atoms with Crippen LogP contribution in [0.4, 0.5) is 8.78 Å². The van der Waals surface area contributed by atoms with E-state index in [4.69, 9.17) is 21.1 Å². The van der Waals surface area contributed by atoms with E-state index in [1.165, 1.54) is 25.3 Å². The lowest BCUT2D eigenvalue weighted by molar-refractivity contribution is 0.0600. The number of ether oxygens (including phenoxy) is 2. The predicted molar refractivity (Wildman–Crippen MR) is 115 cm³/mol. The molecule has 0 aliphatic heterocycles. The van der Waals surface area contributed by atoms with E-state index >= 15 is 0 Å². The summed E-state index contributed by atoms with van der Waals surface area (Å²) < 4.78 is 63.5. The molecule has 0 saturated heterocycles. The zero-order valence-electron chi connectivity index (χ0n) is 17.6. The summed E-state index contributed by atoms with van der Waals surface area (Å²) in [6.45, 7) is 1.09. The molecule has 3 aromatic rings. The second-order valence-electron chi connectivity index (χ2n) is 6.94. The van der Waals surface area contributed by atoms with E-state index in [1.807, 2.05) is 0 Å². The van der Waals surface area contributed by atoms with Crippen molar-refractivity contribution >= 4 is 27.4 Å². The minimum Gasteiger partial charge on any atom is -0.472 e. The number of aromatic nitrogens is 2. The van der Waals surface area contributed by atoms with Gasteiger partial charge < -0.3 is 9.47 Å². The van der Waals surface area contributed by atoms with Gasteiger partial charge >= 0.3 is 5.97 Å². The number of hydrogen-bond acceptors (Lipinski definition) is 7. The SMILES string of the molecule is COC(=O)c1ccc(C)c(-n2c(S(C)(=O)=O)nc(=O)c(Cl)c2OCc2ccc(F)cc2F)c1. The summed E-state index contributed by atoms with van der Waals surface area (Å²) in [6, 6.07) is 7.06. The van der Waals surface area contributed by atoms with E-state index in [0.717, 1.165) is 23.0 Å². The molecule has 0 amide bonds. The molecule has 2 aromatic carbocycles. The Hall–Kier alpha value is -3.31. The van der Waals surface area contributed by atoms with Crippen LogP contribution in [0.25, 0.3) is 5.69 Å². The summed E-state index contributed by atoms with van der Waals surface area (Å²) >= 11 is 6.12. The van der Waals surface area contributed by atoms with E-state index in [2.05, 4.69) is 4.98 Å². The lowest BCUT2D eigenvalue weighted by Gasteiger charge is -2.20. The summed E-state index contributed by atoms with van der Waals surface area (Å²) in [5, 5.41) is -1.29. The van der Waals surface area contributed by atoms with Crippen LogP contribution in [0.15, 0.2) is 46.3 Å². The summed E-state index contributed by atoms with van der Waals surface area (Å²) in [4.78, 5) is 27.9. The van der Waals surface area contributed by atoms with E-state index in [9.17, 15) is 26.8 Å². The van der Waals surface area contributed by atoms with Gasteiger partial charge in [0.1, 0.15) is 18.2 Å². The third-order valence-corrected chi connectivity index (χ3v) is 5.81. The molecule has 174 valence electrons. The number of nitrogens with zero attached hydrogens (tertiary/aromatic N) is 2. The van der Waals surface area contributed by atoms with E-state index in [0.29, 0.717) is 11.6 Å². The first-order valence-corrected chi connectivity index (χ1v) is 11.5. The Morgan fingerprint density at radius 1 is 1.18 bits per heavy atom. The normalized spacial score (nSPS) is 11.3. The first-order valence-electron chi connectivity index (χ1n) is 9.22. The van der Waals surface area contributed by atoms with Gasteiger partial charge in [-0.25, -0.2) is 22.0 Å². The van der Waals surface area contributed by atoms with Gasteiger partial charge in [0.15, 0.2) is 5.02 Å². The van der Waals surface area contributed by atoms with Crippen molar-refractivity contribution in [1.82, 2.24) is 9.55 Å². The smallest absolute Gasteiger partial charge is 0.337 e. The largest absolute Gasteiger partial charge is 0.472 e. The predicted octanol–water partition coefficient (Wildman–Crippen LogP) is 3.24. The van der Waals surface area contributed by atoms with Gasteiger partial charge in [0.25, 0.3) is 5.56 Å². The minimum atomic E-state index is -4.12. The maximum Gasteiger partial charge on any atom is 0.337 e. The molecule has 0 saturated carbocycles. The molecule has 8 nitrogen and oxygen atoms in total. The van der Waals surface area contributed by atoms with Crippen LogP contribution in [0, 0.1) is 18.6 Å². The Kier molecular flexibility index (Phi) is 6.84. The van der Waals surface area contributed by atoms with E-state index < -0.39 is 55.7 Å². The fraction of sp³-hybridized carbons (Fsp3) is 0.190. The molecule has 33 heavy (non-hydrogen) atoms. The Morgan fingerprint density at radius 2 is 1.88 bits per heavy atom. The standard InChI is InChI=1S/C21H17ClF2N2O6S/c1-11-4-5-12(20(28)31-2)8-16(11)26-19(17(22)18(27)25-21(26)33(3,29)30)32-10-13-6-7-14(23)9-15(13)24/h4-9H,10H2,1-3H3. The fourth-order valence-electron chi connectivity index (χ4n) is 2.93. The third-order valence-electron chi connectivity index (χ3n) is 4.55. The zero-order valence-corrected chi connectivity index (χ0v) is 19.1. The topological polar surface area (TPSA) is 105 Å². The number of carbonyl (C=O) groups excluding carboxylic acids is 1. The van der Waals surface area contributed by atoms with Gasteiger partial charge in [-0.2, -0.15) is 4.98 Å².